The van der Waals surface area contributed by atoms with Gasteiger partial charge in [0.05, 0.1) is 6.04 Å². The van der Waals surface area contributed by atoms with Crippen LogP contribution in [0.1, 0.15) is 30.9 Å². The van der Waals surface area contributed by atoms with Crippen LogP contribution in [0.3, 0.4) is 0 Å². The highest BCUT2D eigenvalue weighted by Crippen LogP contribution is 2.24. The van der Waals surface area contributed by atoms with Gasteiger partial charge in [-0.25, -0.2) is 0 Å². The Balaban J connectivity index is 2.26. The highest BCUT2D eigenvalue weighted by atomic mass is 16.2. The minimum absolute atomic E-state index is 0.190. The van der Waals surface area contributed by atoms with Gasteiger partial charge in [-0.05, 0) is 17.5 Å². The molecule has 0 bridgehead atoms. The van der Waals surface area contributed by atoms with Crippen LogP contribution in [0.5, 0.6) is 0 Å². The zero-order chi connectivity index (χ0) is 14.7. The van der Waals surface area contributed by atoms with Gasteiger partial charge in [0, 0.05) is 13.0 Å². The van der Waals surface area contributed by atoms with E-state index in [1.54, 1.807) is 0 Å². The van der Waals surface area contributed by atoms with Crippen molar-refractivity contribution in [3.8, 4) is 0 Å². The number of primary amides is 1. The van der Waals surface area contributed by atoms with Crippen LogP contribution in [-0.2, 0) is 22.6 Å². The van der Waals surface area contributed by atoms with E-state index in [0.717, 1.165) is 17.5 Å². The summed E-state index contributed by atoms with van der Waals surface area (Å²) in [6.07, 6.45) is 1.91. The Labute approximate surface area is 118 Å². The molecule has 108 valence electrons. The second-order valence-corrected chi connectivity index (χ2v) is 5.25. The fourth-order valence-corrected chi connectivity index (χ4v) is 2.66. The first kappa shape index (κ1) is 14.5. The van der Waals surface area contributed by atoms with Gasteiger partial charge in [0.1, 0.15) is 6.04 Å². The highest BCUT2D eigenvalue weighted by molar-refractivity contribution is 5.89. The first-order chi connectivity index (χ1) is 9.54. The molecule has 1 heterocycles. The standard InChI is InChI=1S/C15H21N3O2/c1-2-5-12(16)15(20)18-9-11-7-4-3-6-10(11)8-13(18)14(17)19/h3-4,6-7,12-13H,2,5,8-9,16H2,1H3,(H2,17,19)/t12-,13-/m1/s1. The fourth-order valence-electron chi connectivity index (χ4n) is 2.66. The Morgan fingerprint density at radius 1 is 1.35 bits per heavy atom. The van der Waals surface area contributed by atoms with Crippen molar-refractivity contribution in [2.24, 2.45) is 11.5 Å². The van der Waals surface area contributed by atoms with Crippen molar-refractivity contribution in [1.29, 1.82) is 0 Å². The average molecular weight is 275 g/mol. The molecule has 0 unspecified atom stereocenters. The SMILES string of the molecule is CCC[C@@H](N)C(=O)N1Cc2ccccc2C[C@@H]1C(N)=O. The van der Waals surface area contributed by atoms with Gasteiger partial charge >= 0.3 is 0 Å². The smallest absolute Gasteiger partial charge is 0.240 e. The predicted molar refractivity (Wildman–Crippen MR) is 76.6 cm³/mol. The number of rotatable bonds is 4. The lowest BCUT2D eigenvalue weighted by molar-refractivity contribution is -0.141. The third kappa shape index (κ3) is 2.82. The maximum absolute atomic E-state index is 12.4. The number of nitrogens with zero attached hydrogens (tertiary/aromatic N) is 1. The molecule has 2 rings (SSSR count). The lowest BCUT2D eigenvalue weighted by atomic mass is 9.92. The van der Waals surface area contributed by atoms with E-state index in [0.29, 0.717) is 19.4 Å². The molecule has 5 heteroatoms. The second-order valence-electron chi connectivity index (χ2n) is 5.25. The van der Waals surface area contributed by atoms with Crippen LogP contribution in [0.15, 0.2) is 24.3 Å². The van der Waals surface area contributed by atoms with Gasteiger partial charge in [-0.15, -0.1) is 0 Å². The van der Waals surface area contributed by atoms with Crippen molar-refractivity contribution >= 4 is 11.8 Å². The molecule has 0 saturated heterocycles. The van der Waals surface area contributed by atoms with E-state index in [1.807, 2.05) is 31.2 Å². The largest absolute Gasteiger partial charge is 0.368 e. The molecule has 0 radical (unpaired) electrons. The van der Waals surface area contributed by atoms with Gasteiger partial charge in [-0.3, -0.25) is 9.59 Å². The summed E-state index contributed by atoms with van der Waals surface area (Å²) >= 11 is 0. The molecular formula is C15H21N3O2. The number of hydrogen-bond donors (Lipinski definition) is 2. The summed E-state index contributed by atoms with van der Waals surface area (Å²) in [7, 11) is 0. The Bertz CT molecular complexity index is 516. The molecule has 0 saturated carbocycles. The van der Waals surface area contributed by atoms with Gasteiger partial charge in [0.2, 0.25) is 11.8 Å². The number of fused-ring (bicyclic) bond motifs is 1. The molecule has 0 fully saturated rings. The van der Waals surface area contributed by atoms with Crippen LogP contribution in [0.25, 0.3) is 0 Å². The van der Waals surface area contributed by atoms with Crippen LogP contribution < -0.4 is 11.5 Å². The lowest BCUT2D eigenvalue weighted by Crippen LogP contribution is -2.55. The first-order valence-electron chi connectivity index (χ1n) is 6.96. The van der Waals surface area contributed by atoms with Crippen molar-refractivity contribution < 1.29 is 9.59 Å². The van der Waals surface area contributed by atoms with E-state index >= 15 is 0 Å². The third-order valence-corrected chi connectivity index (χ3v) is 3.78. The molecule has 1 aromatic rings. The van der Waals surface area contributed by atoms with Gasteiger partial charge in [0.15, 0.2) is 0 Å². The molecule has 4 N–H and O–H groups in total. The van der Waals surface area contributed by atoms with E-state index in [-0.39, 0.29) is 5.91 Å². The summed E-state index contributed by atoms with van der Waals surface area (Å²) < 4.78 is 0. The van der Waals surface area contributed by atoms with E-state index < -0.39 is 18.0 Å². The molecule has 0 spiro atoms. The molecular weight excluding hydrogens is 254 g/mol. The number of nitrogens with two attached hydrogens (primary N) is 2. The Morgan fingerprint density at radius 3 is 2.60 bits per heavy atom. The van der Waals surface area contributed by atoms with Gasteiger partial charge < -0.3 is 16.4 Å². The van der Waals surface area contributed by atoms with Crippen LogP contribution in [-0.4, -0.2) is 28.8 Å². The minimum atomic E-state index is -0.597. The molecule has 1 aromatic carbocycles. The molecule has 20 heavy (non-hydrogen) atoms. The molecule has 0 aromatic heterocycles. The molecule has 2 atom stereocenters. The Hall–Kier alpha value is -1.88. The number of carbonyl (C=O) groups is 2. The highest BCUT2D eigenvalue weighted by Gasteiger charge is 2.34. The van der Waals surface area contributed by atoms with Gasteiger partial charge in [0.25, 0.3) is 0 Å². The average Bonchev–Trinajstić information content (AvgIpc) is 2.45. The first-order valence-corrected chi connectivity index (χ1v) is 6.96. The van der Waals surface area contributed by atoms with Crippen molar-refractivity contribution in [3.05, 3.63) is 35.4 Å². The van der Waals surface area contributed by atoms with Crippen LogP contribution in [0.4, 0.5) is 0 Å². The molecule has 0 aliphatic carbocycles. The molecule has 5 nitrogen and oxygen atoms in total. The van der Waals surface area contributed by atoms with Crippen molar-refractivity contribution in [3.63, 3.8) is 0 Å². The number of hydrogen-bond acceptors (Lipinski definition) is 3. The summed E-state index contributed by atoms with van der Waals surface area (Å²) in [5, 5.41) is 0. The van der Waals surface area contributed by atoms with E-state index in [1.165, 1.54) is 4.90 Å². The summed E-state index contributed by atoms with van der Waals surface area (Å²) in [4.78, 5) is 25.6. The normalized spacial score (nSPS) is 19.3. The van der Waals surface area contributed by atoms with Gasteiger partial charge in [-0.2, -0.15) is 0 Å². The van der Waals surface area contributed by atoms with Crippen LogP contribution in [0.2, 0.25) is 0 Å². The van der Waals surface area contributed by atoms with Gasteiger partial charge in [-0.1, -0.05) is 37.6 Å². The zero-order valence-electron chi connectivity index (χ0n) is 11.7. The quantitative estimate of drug-likeness (QED) is 0.841. The van der Waals surface area contributed by atoms with E-state index in [2.05, 4.69) is 0 Å². The number of amides is 2. The number of benzene rings is 1. The third-order valence-electron chi connectivity index (χ3n) is 3.78. The molecule has 2 amide bonds. The van der Waals surface area contributed by atoms with Crippen molar-refractivity contribution in [2.75, 3.05) is 0 Å². The maximum atomic E-state index is 12.4. The predicted octanol–water partition coefficient (Wildman–Crippen LogP) is 0.553. The van der Waals surface area contributed by atoms with E-state index in [9.17, 15) is 9.59 Å². The van der Waals surface area contributed by atoms with Crippen molar-refractivity contribution in [1.82, 2.24) is 4.90 Å². The topological polar surface area (TPSA) is 89.4 Å². The molecule has 1 aliphatic heterocycles. The lowest BCUT2D eigenvalue weighted by Gasteiger charge is -2.36. The monoisotopic (exact) mass is 275 g/mol. The van der Waals surface area contributed by atoms with Crippen molar-refractivity contribution in [2.45, 2.75) is 44.8 Å². The fraction of sp³-hybridized carbons (Fsp3) is 0.467. The zero-order valence-corrected chi connectivity index (χ0v) is 11.7. The summed E-state index contributed by atoms with van der Waals surface area (Å²) in [6.45, 7) is 2.38. The summed E-state index contributed by atoms with van der Waals surface area (Å²) in [6, 6.07) is 6.64. The van der Waals surface area contributed by atoms with E-state index in [4.69, 9.17) is 11.5 Å². The van der Waals surface area contributed by atoms with Crippen LogP contribution >= 0.6 is 0 Å². The Kier molecular flexibility index (Phi) is 4.39. The summed E-state index contributed by atoms with van der Waals surface area (Å²) in [5.41, 5.74) is 13.5. The Morgan fingerprint density at radius 2 is 2.00 bits per heavy atom. The second kappa shape index (κ2) is 6.05. The summed E-state index contributed by atoms with van der Waals surface area (Å²) in [5.74, 6) is -0.665. The maximum Gasteiger partial charge on any atom is 0.240 e. The molecule has 1 aliphatic rings. The van der Waals surface area contributed by atoms with Crippen LogP contribution in [0, 0.1) is 0 Å². The number of carbonyl (C=O) groups excluding carboxylic acids is 2. The minimum Gasteiger partial charge on any atom is -0.368 e.